The molecule has 2 heterocycles. The molecule has 138 valence electrons. The van der Waals surface area contributed by atoms with Gasteiger partial charge in [0.1, 0.15) is 12.4 Å². The Morgan fingerprint density at radius 3 is 2.69 bits per heavy atom. The SMILES string of the molecule is Cc1cc(C(=O)N2CCNC(C)C2C)cc(C)c1OCc1cccnc1. The van der Waals surface area contributed by atoms with Crippen LogP contribution in [0.25, 0.3) is 0 Å². The Labute approximate surface area is 155 Å². The highest BCUT2D eigenvalue weighted by Gasteiger charge is 2.29. The molecular formula is C21H27N3O2. The van der Waals surface area contributed by atoms with Gasteiger partial charge in [-0.05, 0) is 57.0 Å². The Balaban J connectivity index is 1.77. The lowest BCUT2D eigenvalue weighted by molar-refractivity contribution is 0.0602. The van der Waals surface area contributed by atoms with Crippen LogP contribution in [-0.2, 0) is 6.61 Å². The van der Waals surface area contributed by atoms with Crippen molar-refractivity contribution in [1.82, 2.24) is 15.2 Å². The summed E-state index contributed by atoms with van der Waals surface area (Å²) in [7, 11) is 0. The van der Waals surface area contributed by atoms with Crippen molar-refractivity contribution in [3.8, 4) is 5.75 Å². The van der Waals surface area contributed by atoms with Gasteiger partial charge in [0, 0.05) is 48.7 Å². The van der Waals surface area contributed by atoms with Crippen LogP contribution in [0.1, 0.15) is 40.9 Å². The van der Waals surface area contributed by atoms with E-state index < -0.39 is 0 Å². The number of aromatic nitrogens is 1. The summed E-state index contributed by atoms with van der Waals surface area (Å²) in [5.74, 6) is 0.933. The molecule has 5 nitrogen and oxygen atoms in total. The van der Waals surface area contributed by atoms with Crippen molar-refractivity contribution in [2.24, 2.45) is 0 Å². The molecule has 3 rings (SSSR count). The molecule has 1 saturated heterocycles. The molecule has 1 aliphatic rings. The van der Waals surface area contributed by atoms with E-state index in [0.29, 0.717) is 12.6 Å². The third-order valence-electron chi connectivity index (χ3n) is 5.11. The van der Waals surface area contributed by atoms with Crippen LogP contribution < -0.4 is 10.1 Å². The molecule has 2 atom stereocenters. The predicted octanol–water partition coefficient (Wildman–Crippen LogP) is 3.10. The van der Waals surface area contributed by atoms with Crippen LogP contribution >= 0.6 is 0 Å². The molecule has 26 heavy (non-hydrogen) atoms. The Hall–Kier alpha value is -2.40. The quantitative estimate of drug-likeness (QED) is 0.918. The summed E-state index contributed by atoms with van der Waals surface area (Å²) < 4.78 is 6.00. The highest BCUT2D eigenvalue weighted by molar-refractivity contribution is 5.95. The van der Waals surface area contributed by atoms with Gasteiger partial charge in [-0.15, -0.1) is 0 Å². The number of ether oxygens (including phenoxy) is 1. The van der Waals surface area contributed by atoms with Gasteiger partial charge in [0.25, 0.3) is 5.91 Å². The first-order valence-electron chi connectivity index (χ1n) is 9.14. The summed E-state index contributed by atoms with van der Waals surface area (Å²) in [6, 6.07) is 8.24. The zero-order valence-electron chi connectivity index (χ0n) is 16.0. The maximum Gasteiger partial charge on any atom is 0.254 e. The number of amides is 1. The number of benzene rings is 1. The van der Waals surface area contributed by atoms with Gasteiger partial charge in [0.2, 0.25) is 0 Å². The Bertz CT molecular complexity index is 753. The fraction of sp³-hybridized carbons (Fsp3) is 0.429. The van der Waals surface area contributed by atoms with Crippen molar-refractivity contribution in [1.29, 1.82) is 0 Å². The topological polar surface area (TPSA) is 54.5 Å². The van der Waals surface area contributed by atoms with E-state index in [0.717, 1.165) is 41.1 Å². The lowest BCUT2D eigenvalue weighted by Gasteiger charge is -2.38. The molecule has 1 aliphatic heterocycles. The Morgan fingerprint density at radius 1 is 1.31 bits per heavy atom. The molecule has 0 saturated carbocycles. The summed E-state index contributed by atoms with van der Waals surface area (Å²) in [5, 5.41) is 3.41. The van der Waals surface area contributed by atoms with E-state index >= 15 is 0 Å². The second-order valence-corrected chi connectivity index (χ2v) is 7.07. The highest BCUT2D eigenvalue weighted by Crippen LogP contribution is 2.27. The summed E-state index contributed by atoms with van der Waals surface area (Å²) >= 11 is 0. The van der Waals surface area contributed by atoms with Crippen LogP contribution in [-0.4, -0.2) is 41.0 Å². The average molecular weight is 353 g/mol. The number of carbonyl (C=O) groups excluding carboxylic acids is 1. The monoisotopic (exact) mass is 353 g/mol. The van der Waals surface area contributed by atoms with E-state index in [-0.39, 0.29) is 11.9 Å². The van der Waals surface area contributed by atoms with Crippen LogP contribution in [0.3, 0.4) is 0 Å². The number of rotatable bonds is 4. The molecule has 0 radical (unpaired) electrons. The first-order chi connectivity index (χ1) is 12.5. The van der Waals surface area contributed by atoms with Crippen LogP contribution in [0.2, 0.25) is 0 Å². The van der Waals surface area contributed by atoms with Crippen LogP contribution in [0, 0.1) is 13.8 Å². The number of pyridine rings is 1. The lowest BCUT2D eigenvalue weighted by Crippen LogP contribution is -2.57. The second-order valence-electron chi connectivity index (χ2n) is 7.07. The van der Waals surface area contributed by atoms with Gasteiger partial charge >= 0.3 is 0 Å². The average Bonchev–Trinajstić information content (AvgIpc) is 2.63. The fourth-order valence-electron chi connectivity index (χ4n) is 3.45. The molecule has 1 aromatic carbocycles. The molecule has 1 amide bonds. The number of aryl methyl sites for hydroxylation is 2. The van der Waals surface area contributed by atoms with Crippen molar-refractivity contribution in [2.75, 3.05) is 13.1 Å². The van der Waals surface area contributed by atoms with Crippen molar-refractivity contribution in [3.63, 3.8) is 0 Å². The zero-order valence-corrected chi connectivity index (χ0v) is 16.0. The van der Waals surface area contributed by atoms with Gasteiger partial charge in [0.15, 0.2) is 0 Å². The summed E-state index contributed by atoms with van der Waals surface area (Å²) in [4.78, 5) is 19.1. The summed E-state index contributed by atoms with van der Waals surface area (Å²) in [6.07, 6.45) is 3.55. The molecular weight excluding hydrogens is 326 g/mol. The first kappa shape index (κ1) is 18.4. The molecule has 1 fully saturated rings. The smallest absolute Gasteiger partial charge is 0.254 e. The number of hydrogen-bond acceptors (Lipinski definition) is 4. The predicted molar refractivity (Wildman–Crippen MR) is 102 cm³/mol. The van der Waals surface area contributed by atoms with Gasteiger partial charge in [0.05, 0.1) is 0 Å². The summed E-state index contributed by atoms with van der Waals surface area (Å²) in [5.41, 5.74) is 3.71. The van der Waals surface area contributed by atoms with Gasteiger partial charge in [-0.2, -0.15) is 0 Å². The van der Waals surface area contributed by atoms with Gasteiger partial charge < -0.3 is 15.0 Å². The number of piperazine rings is 1. The number of nitrogens with zero attached hydrogens (tertiary/aromatic N) is 2. The minimum Gasteiger partial charge on any atom is -0.488 e. The van der Waals surface area contributed by atoms with E-state index in [2.05, 4.69) is 24.1 Å². The van der Waals surface area contributed by atoms with Gasteiger partial charge in [-0.25, -0.2) is 0 Å². The van der Waals surface area contributed by atoms with E-state index in [1.807, 2.05) is 43.0 Å². The lowest BCUT2D eigenvalue weighted by atomic mass is 10.0. The molecule has 1 N–H and O–H groups in total. The normalized spacial score (nSPS) is 20.1. The molecule has 0 spiro atoms. The molecule has 5 heteroatoms. The van der Waals surface area contributed by atoms with E-state index in [1.54, 1.807) is 12.4 Å². The standard InChI is InChI=1S/C21H27N3O2/c1-14-10-19(21(25)24-9-8-23-16(3)17(24)4)11-15(2)20(14)26-13-18-6-5-7-22-12-18/h5-7,10-12,16-17,23H,8-9,13H2,1-4H3. The first-order valence-corrected chi connectivity index (χ1v) is 9.14. The minimum atomic E-state index is 0.0934. The number of nitrogens with one attached hydrogen (secondary N) is 1. The minimum absolute atomic E-state index is 0.0934. The van der Waals surface area contributed by atoms with Crippen molar-refractivity contribution in [2.45, 2.75) is 46.4 Å². The van der Waals surface area contributed by atoms with Crippen LogP contribution in [0.15, 0.2) is 36.7 Å². The Kier molecular flexibility index (Phi) is 5.57. The van der Waals surface area contributed by atoms with Crippen LogP contribution in [0.4, 0.5) is 0 Å². The largest absolute Gasteiger partial charge is 0.488 e. The molecule has 0 aliphatic carbocycles. The van der Waals surface area contributed by atoms with Crippen molar-refractivity contribution < 1.29 is 9.53 Å². The third kappa shape index (κ3) is 3.88. The van der Waals surface area contributed by atoms with Crippen LogP contribution in [0.5, 0.6) is 5.75 Å². The number of hydrogen-bond donors (Lipinski definition) is 1. The number of carbonyl (C=O) groups is 1. The van der Waals surface area contributed by atoms with Crippen molar-refractivity contribution >= 4 is 5.91 Å². The maximum atomic E-state index is 13.0. The van der Waals surface area contributed by atoms with E-state index in [1.165, 1.54) is 0 Å². The zero-order chi connectivity index (χ0) is 18.7. The van der Waals surface area contributed by atoms with E-state index in [4.69, 9.17) is 4.74 Å². The molecule has 1 aromatic heterocycles. The van der Waals surface area contributed by atoms with E-state index in [9.17, 15) is 4.79 Å². The van der Waals surface area contributed by atoms with Gasteiger partial charge in [-0.1, -0.05) is 6.07 Å². The molecule has 2 unspecified atom stereocenters. The second kappa shape index (κ2) is 7.87. The summed E-state index contributed by atoms with van der Waals surface area (Å²) in [6.45, 7) is 10.2. The van der Waals surface area contributed by atoms with Crippen molar-refractivity contribution in [3.05, 3.63) is 58.9 Å². The molecule has 2 aromatic rings. The maximum absolute atomic E-state index is 13.0. The molecule has 0 bridgehead atoms. The highest BCUT2D eigenvalue weighted by atomic mass is 16.5. The Morgan fingerprint density at radius 2 is 2.04 bits per heavy atom. The van der Waals surface area contributed by atoms with Gasteiger partial charge in [-0.3, -0.25) is 9.78 Å². The fourth-order valence-corrected chi connectivity index (χ4v) is 3.45. The third-order valence-corrected chi connectivity index (χ3v) is 5.11.